The Morgan fingerprint density at radius 2 is 1.95 bits per heavy atom. The molecule has 106 valence electrons. The minimum absolute atomic E-state index is 0.261. The van der Waals surface area contributed by atoms with Crippen molar-refractivity contribution in [2.75, 3.05) is 11.9 Å². The second-order valence-corrected chi connectivity index (χ2v) is 4.52. The molecule has 1 amide bonds. The van der Waals surface area contributed by atoms with E-state index in [1.807, 2.05) is 0 Å². The van der Waals surface area contributed by atoms with E-state index in [2.05, 4.69) is 17.2 Å². The molecule has 0 aliphatic rings. The van der Waals surface area contributed by atoms with Crippen molar-refractivity contribution in [3.63, 3.8) is 0 Å². The minimum atomic E-state index is -0.372. The largest absolute Gasteiger partial charge is 0.384 e. The molecule has 0 unspecified atom stereocenters. The molecule has 2 aromatic carbocycles. The average molecular weight is 304 g/mol. The zero-order valence-electron chi connectivity index (χ0n) is 10.9. The van der Waals surface area contributed by atoms with Gasteiger partial charge in [-0.25, -0.2) is 4.39 Å². The number of hydrogen-bond donors (Lipinski definition) is 2. The Hall–Kier alpha value is -2.35. The lowest BCUT2D eigenvalue weighted by Gasteiger charge is -2.06. The van der Waals surface area contributed by atoms with E-state index in [0.717, 1.165) is 0 Å². The van der Waals surface area contributed by atoms with Gasteiger partial charge >= 0.3 is 0 Å². The Bertz CT molecular complexity index is 717. The highest BCUT2D eigenvalue weighted by Crippen LogP contribution is 2.18. The predicted molar refractivity (Wildman–Crippen MR) is 79.8 cm³/mol. The first-order chi connectivity index (χ1) is 10.1. The smallest absolute Gasteiger partial charge is 0.255 e. The molecule has 0 bridgehead atoms. The normalized spacial score (nSPS) is 9.67. The van der Waals surface area contributed by atoms with Crippen molar-refractivity contribution in [3.05, 3.63) is 64.4 Å². The number of benzene rings is 2. The summed E-state index contributed by atoms with van der Waals surface area (Å²) in [6.07, 6.45) is 0. The summed E-state index contributed by atoms with van der Waals surface area (Å²) in [6, 6.07) is 10.1. The van der Waals surface area contributed by atoms with Gasteiger partial charge < -0.3 is 10.4 Å². The first-order valence-electron chi connectivity index (χ1n) is 6.06. The van der Waals surface area contributed by atoms with Crippen molar-refractivity contribution in [3.8, 4) is 11.8 Å². The third-order valence-electron chi connectivity index (χ3n) is 2.64. The third kappa shape index (κ3) is 4.06. The number of aliphatic hydroxyl groups excluding tert-OH is 1. The van der Waals surface area contributed by atoms with Gasteiger partial charge in [0.05, 0.1) is 5.02 Å². The van der Waals surface area contributed by atoms with Crippen molar-refractivity contribution >= 4 is 23.2 Å². The SMILES string of the molecule is O=C(Nc1ccc(F)cc1)c1ccc(C#CCO)c(Cl)c1. The van der Waals surface area contributed by atoms with Gasteiger partial charge in [-0.05, 0) is 42.5 Å². The van der Waals surface area contributed by atoms with Gasteiger partial charge in [0.2, 0.25) is 0 Å². The van der Waals surface area contributed by atoms with E-state index in [4.69, 9.17) is 16.7 Å². The highest BCUT2D eigenvalue weighted by atomic mass is 35.5. The summed E-state index contributed by atoms with van der Waals surface area (Å²) in [5.74, 6) is 4.43. The maximum atomic E-state index is 12.8. The monoisotopic (exact) mass is 303 g/mol. The van der Waals surface area contributed by atoms with Gasteiger partial charge in [-0.2, -0.15) is 0 Å². The van der Waals surface area contributed by atoms with E-state index in [9.17, 15) is 9.18 Å². The fraction of sp³-hybridized carbons (Fsp3) is 0.0625. The zero-order chi connectivity index (χ0) is 15.2. The van der Waals surface area contributed by atoms with Gasteiger partial charge in [-0.15, -0.1) is 0 Å². The second-order valence-electron chi connectivity index (χ2n) is 4.12. The lowest BCUT2D eigenvalue weighted by molar-refractivity contribution is 0.102. The van der Waals surface area contributed by atoms with Crippen LogP contribution >= 0.6 is 11.6 Å². The summed E-state index contributed by atoms with van der Waals surface area (Å²) >= 11 is 6.02. The van der Waals surface area contributed by atoms with Crippen molar-refractivity contribution < 1.29 is 14.3 Å². The molecule has 0 heterocycles. The summed E-state index contributed by atoms with van der Waals surface area (Å²) < 4.78 is 12.8. The van der Waals surface area contributed by atoms with Crippen LogP contribution in [0, 0.1) is 17.7 Å². The van der Waals surface area contributed by atoms with Crippen LogP contribution in [0.25, 0.3) is 0 Å². The third-order valence-corrected chi connectivity index (χ3v) is 2.95. The van der Waals surface area contributed by atoms with Crippen molar-refractivity contribution in [1.82, 2.24) is 0 Å². The lowest BCUT2D eigenvalue weighted by atomic mass is 10.1. The maximum absolute atomic E-state index is 12.8. The summed E-state index contributed by atoms with van der Waals surface area (Å²) in [5, 5.41) is 11.6. The van der Waals surface area contributed by atoms with E-state index >= 15 is 0 Å². The van der Waals surface area contributed by atoms with E-state index in [-0.39, 0.29) is 18.3 Å². The summed E-state index contributed by atoms with van der Waals surface area (Å²) in [5.41, 5.74) is 1.38. The predicted octanol–water partition coefficient (Wildman–Crippen LogP) is 3.08. The molecule has 5 heteroatoms. The molecule has 0 fully saturated rings. The Kier molecular flexibility index (Phi) is 4.94. The van der Waals surface area contributed by atoms with Crippen LogP contribution in [0.15, 0.2) is 42.5 Å². The number of halogens is 2. The number of nitrogens with one attached hydrogen (secondary N) is 1. The zero-order valence-corrected chi connectivity index (χ0v) is 11.6. The van der Waals surface area contributed by atoms with Gasteiger partial charge in [0, 0.05) is 16.8 Å². The van der Waals surface area contributed by atoms with Crippen LogP contribution in [0.2, 0.25) is 5.02 Å². The molecule has 2 N–H and O–H groups in total. The highest BCUT2D eigenvalue weighted by molar-refractivity contribution is 6.32. The fourth-order valence-electron chi connectivity index (χ4n) is 1.63. The molecule has 0 atom stereocenters. The van der Waals surface area contributed by atoms with Crippen LogP contribution in [0.1, 0.15) is 15.9 Å². The Morgan fingerprint density at radius 3 is 2.57 bits per heavy atom. The minimum Gasteiger partial charge on any atom is -0.384 e. The fourth-order valence-corrected chi connectivity index (χ4v) is 1.86. The van der Waals surface area contributed by atoms with Gasteiger partial charge in [-0.3, -0.25) is 4.79 Å². The Balaban J connectivity index is 2.16. The van der Waals surface area contributed by atoms with Gasteiger partial charge in [0.1, 0.15) is 12.4 Å². The standard InChI is InChI=1S/C16H11ClFNO2/c17-15-10-12(4-3-11(15)2-1-9-20)16(21)19-14-7-5-13(18)6-8-14/h3-8,10,20H,9H2,(H,19,21). The molecule has 21 heavy (non-hydrogen) atoms. The van der Waals surface area contributed by atoms with Crippen molar-refractivity contribution in [2.45, 2.75) is 0 Å². The average Bonchev–Trinajstić information content (AvgIpc) is 2.48. The molecular weight excluding hydrogens is 293 g/mol. The van der Waals surface area contributed by atoms with Gasteiger partial charge in [0.15, 0.2) is 0 Å². The van der Waals surface area contributed by atoms with Crippen LogP contribution < -0.4 is 5.32 Å². The molecule has 2 aromatic rings. The van der Waals surface area contributed by atoms with Crippen molar-refractivity contribution in [1.29, 1.82) is 0 Å². The molecule has 0 radical (unpaired) electrons. The van der Waals surface area contributed by atoms with E-state index < -0.39 is 0 Å². The van der Waals surface area contributed by atoms with Crippen LogP contribution in [-0.2, 0) is 0 Å². The summed E-state index contributed by atoms with van der Waals surface area (Å²) in [7, 11) is 0. The molecule has 0 saturated carbocycles. The molecule has 0 aliphatic carbocycles. The summed E-state index contributed by atoms with van der Waals surface area (Å²) in [6.45, 7) is -0.261. The van der Waals surface area contributed by atoms with E-state index in [1.54, 1.807) is 12.1 Å². The van der Waals surface area contributed by atoms with Gasteiger partial charge in [-0.1, -0.05) is 23.4 Å². The molecule has 0 saturated heterocycles. The lowest BCUT2D eigenvalue weighted by Crippen LogP contribution is -2.11. The molecule has 0 aromatic heterocycles. The molecular formula is C16H11ClFNO2. The van der Waals surface area contributed by atoms with Crippen LogP contribution in [0.4, 0.5) is 10.1 Å². The number of amides is 1. The van der Waals surface area contributed by atoms with Crippen LogP contribution in [-0.4, -0.2) is 17.6 Å². The number of anilines is 1. The molecule has 0 spiro atoms. The first kappa shape index (κ1) is 15.0. The van der Waals surface area contributed by atoms with Crippen LogP contribution in [0.3, 0.4) is 0 Å². The number of hydrogen-bond acceptors (Lipinski definition) is 2. The molecule has 0 aliphatic heterocycles. The van der Waals surface area contributed by atoms with Gasteiger partial charge in [0.25, 0.3) is 5.91 Å². The second kappa shape index (κ2) is 6.89. The molecule has 3 nitrogen and oxygen atoms in total. The van der Waals surface area contributed by atoms with E-state index in [0.29, 0.717) is 21.8 Å². The van der Waals surface area contributed by atoms with Crippen LogP contribution in [0.5, 0.6) is 0 Å². The van der Waals surface area contributed by atoms with E-state index in [1.165, 1.54) is 30.3 Å². The molecule has 2 rings (SSSR count). The quantitative estimate of drug-likeness (QED) is 0.838. The number of carbonyl (C=O) groups excluding carboxylic acids is 1. The van der Waals surface area contributed by atoms with Crippen molar-refractivity contribution in [2.24, 2.45) is 0 Å². The number of carbonyl (C=O) groups is 1. The maximum Gasteiger partial charge on any atom is 0.255 e. The first-order valence-corrected chi connectivity index (χ1v) is 6.44. The number of aliphatic hydroxyl groups is 1. The highest BCUT2D eigenvalue weighted by Gasteiger charge is 2.08. The Morgan fingerprint density at radius 1 is 1.24 bits per heavy atom. The Labute approximate surface area is 126 Å². The number of rotatable bonds is 2. The topological polar surface area (TPSA) is 49.3 Å². The summed E-state index contributed by atoms with van der Waals surface area (Å²) in [4.78, 5) is 12.0.